The molecule has 3 unspecified atom stereocenters. The third-order valence-corrected chi connectivity index (χ3v) is 4.90. The van der Waals surface area contributed by atoms with Gasteiger partial charge in [-0.2, -0.15) is 0 Å². The van der Waals surface area contributed by atoms with E-state index in [0.717, 1.165) is 29.9 Å². The first-order chi connectivity index (χ1) is 8.83. The second-order valence-corrected chi connectivity index (χ2v) is 5.79. The molecule has 0 aromatic heterocycles. The second-order valence-electron chi connectivity index (χ2n) is 5.79. The molecule has 0 bridgehead atoms. The number of rotatable bonds is 5. The van der Waals surface area contributed by atoms with Gasteiger partial charge in [-0.05, 0) is 61.8 Å². The third-order valence-electron chi connectivity index (χ3n) is 4.90. The number of benzene rings is 1. The van der Waals surface area contributed by atoms with Crippen molar-refractivity contribution in [3.63, 3.8) is 0 Å². The molecule has 1 aromatic carbocycles. The Hall–Kier alpha value is -1.02. The van der Waals surface area contributed by atoms with E-state index in [9.17, 15) is 0 Å². The number of likely N-dealkylation sites (N-methyl/N-ethyl adjacent to an activating group) is 1. The summed E-state index contributed by atoms with van der Waals surface area (Å²) < 4.78 is 5.30. The molecule has 1 aromatic rings. The molecule has 1 N–H and O–H groups in total. The van der Waals surface area contributed by atoms with Crippen molar-refractivity contribution in [2.75, 3.05) is 14.2 Å². The molecule has 0 aliphatic heterocycles. The Kier molecular flexibility index (Phi) is 3.29. The molecule has 3 rings (SSSR count). The van der Waals surface area contributed by atoms with Crippen molar-refractivity contribution in [1.29, 1.82) is 0 Å². The molecule has 0 amide bonds. The highest BCUT2D eigenvalue weighted by atomic mass is 16.5. The molecule has 0 radical (unpaired) electrons. The van der Waals surface area contributed by atoms with E-state index in [1.807, 2.05) is 6.07 Å². The lowest BCUT2D eigenvalue weighted by Crippen LogP contribution is -2.31. The molecular formula is C16H23NO. The minimum atomic E-state index is 0.646. The maximum Gasteiger partial charge on any atom is 0.119 e. The van der Waals surface area contributed by atoms with Crippen LogP contribution >= 0.6 is 0 Å². The number of ether oxygens (including phenoxy) is 1. The van der Waals surface area contributed by atoms with Gasteiger partial charge in [0.15, 0.2) is 0 Å². The highest BCUT2D eigenvalue weighted by molar-refractivity contribution is 5.29. The normalized spacial score (nSPS) is 30.9. The molecule has 3 atom stereocenters. The Balaban J connectivity index is 1.66. The Morgan fingerprint density at radius 3 is 2.78 bits per heavy atom. The van der Waals surface area contributed by atoms with Crippen LogP contribution in [0.1, 0.15) is 24.8 Å². The van der Waals surface area contributed by atoms with Gasteiger partial charge in [-0.1, -0.05) is 18.6 Å². The van der Waals surface area contributed by atoms with Gasteiger partial charge in [0.2, 0.25) is 0 Å². The van der Waals surface area contributed by atoms with Gasteiger partial charge in [-0.15, -0.1) is 0 Å². The largest absolute Gasteiger partial charge is 0.497 e. The fourth-order valence-corrected chi connectivity index (χ4v) is 3.96. The Morgan fingerprint density at radius 2 is 2.11 bits per heavy atom. The minimum Gasteiger partial charge on any atom is -0.497 e. The van der Waals surface area contributed by atoms with E-state index < -0.39 is 0 Å². The summed E-state index contributed by atoms with van der Waals surface area (Å²) in [4.78, 5) is 0. The van der Waals surface area contributed by atoms with Crippen molar-refractivity contribution >= 4 is 0 Å². The zero-order valence-electron chi connectivity index (χ0n) is 11.4. The molecule has 0 spiro atoms. The molecule has 18 heavy (non-hydrogen) atoms. The molecule has 2 nitrogen and oxygen atoms in total. The summed E-state index contributed by atoms with van der Waals surface area (Å²) in [6, 6.07) is 9.14. The first-order valence-corrected chi connectivity index (χ1v) is 7.13. The average Bonchev–Trinajstić information content (AvgIpc) is 2.88. The molecule has 2 aliphatic carbocycles. The van der Waals surface area contributed by atoms with Crippen molar-refractivity contribution in [3.8, 4) is 5.75 Å². The maximum atomic E-state index is 5.30. The summed E-state index contributed by atoms with van der Waals surface area (Å²) in [6.07, 6.45) is 5.52. The van der Waals surface area contributed by atoms with Crippen LogP contribution in [0.2, 0.25) is 0 Å². The molecule has 98 valence electrons. The first kappa shape index (κ1) is 12.0. The van der Waals surface area contributed by atoms with Crippen LogP contribution in [0.15, 0.2) is 24.3 Å². The van der Waals surface area contributed by atoms with Crippen LogP contribution in [-0.2, 0) is 6.42 Å². The maximum absolute atomic E-state index is 5.30. The zero-order chi connectivity index (χ0) is 12.5. The monoisotopic (exact) mass is 245 g/mol. The molecule has 2 fully saturated rings. The van der Waals surface area contributed by atoms with E-state index >= 15 is 0 Å². The fraction of sp³-hybridized carbons (Fsp3) is 0.625. The molecule has 0 saturated heterocycles. The van der Waals surface area contributed by atoms with Crippen LogP contribution in [0.5, 0.6) is 5.75 Å². The summed E-state index contributed by atoms with van der Waals surface area (Å²) in [5.74, 6) is 3.94. The summed E-state index contributed by atoms with van der Waals surface area (Å²) in [5.41, 5.74) is 1.39. The van der Waals surface area contributed by atoms with Gasteiger partial charge in [0, 0.05) is 6.04 Å². The van der Waals surface area contributed by atoms with E-state index in [1.54, 1.807) is 7.11 Å². The standard InChI is InChI=1S/C16H23NO/c1-17-15(16-13-7-4-8-14(13)16)10-11-5-3-6-12(9-11)18-2/h3,5-6,9,13-17H,4,7-8,10H2,1-2H3. The number of fused-ring (bicyclic) bond motifs is 1. The lowest BCUT2D eigenvalue weighted by atomic mass is 9.97. The lowest BCUT2D eigenvalue weighted by Gasteiger charge is -2.18. The number of hydrogen-bond donors (Lipinski definition) is 1. The van der Waals surface area contributed by atoms with E-state index in [-0.39, 0.29) is 0 Å². The van der Waals surface area contributed by atoms with E-state index in [0.29, 0.717) is 6.04 Å². The second kappa shape index (κ2) is 4.93. The molecular weight excluding hydrogens is 222 g/mol. The van der Waals surface area contributed by atoms with Gasteiger partial charge >= 0.3 is 0 Å². The quantitative estimate of drug-likeness (QED) is 0.861. The van der Waals surface area contributed by atoms with E-state index in [4.69, 9.17) is 4.74 Å². The third kappa shape index (κ3) is 2.14. The van der Waals surface area contributed by atoms with Crippen molar-refractivity contribution in [3.05, 3.63) is 29.8 Å². The van der Waals surface area contributed by atoms with Crippen LogP contribution < -0.4 is 10.1 Å². The smallest absolute Gasteiger partial charge is 0.119 e. The Morgan fingerprint density at radius 1 is 1.33 bits per heavy atom. The van der Waals surface area contributed by atoms with Crippen molar-refractivity contribution in [2.45, 2.75) is 31.7 Å². The summed E-state index contributed by atoms with van der Waals surface area (Å²) in [6.45, 7) is 0. The summed E-state index contributed by atoms with van der Waals surface area (Å²) >= 11 is 0. The molecule has 2 saturated carbocycles. The highest BCUT2D eigenvalue weighted by Gasteiger charge is 2.55. The van der Waals surface area contributed by atoms with Gasteiger partial charge in [0.05, 0.1) is 7.11 Å². The van der Waals surface area contributed by atoms with Gasteiger partial charge in [-0.3, -0.25) is 0 Å². The van der Waals surface area contributed by atoms with Crippen molar-refractivity contribution < 1.29 is 4.74 Å². The van der Waals surface area contributed by atoms with E-state index in [2.05, 4.69) is 30.6 Å². The van der Waals surface area contributed by atoms with Gasteiger partial charge in [0.1, 0.15) is 5.75 Å². The topological polar surface area (TPSA) is 21.3 Å². The number of methoxy groups -OCH3 is 1. The number of nitrogens with one attached hydrogen (secondary N) is 1. The SMILES string of the molecule is CNC(Cc1cccc(OC)c1)C1C2CCCC21. The lowest BCUT2D eigenvalue weighted by molar-refractivity contribution is 0.410. The van der Waals surface area contributed by atoms with Gasteiger partial charge in [0.25, 0.3) is 0 Å². The number of hydrogen-bond acceptors (Lipinski definition) is 2. The predicted molar refractivity (Wildman–Crippen MR) is 73.9 cm³/mol. The highest BCUT2D eigenvalue weighted by Crippen LogP contribution is 2.59. The van der Waals surface area contributed by atoms with Crippen molar-refractivity contribution in [1.82, 2.24) is 5.32 Å². The van der Waals surface area contributed by atoms with Crippen LogP contribution in [0.4, 0.5) is 0 Å². The van der Waals surface area contributed by atoms with Crippen LogP contribution in [0.3, 0.4) is 0 Å². The van der Waals surface area contributed by atoms with Gasteiger partial charge < -0.3 is 10.1 Å². The predicted octanol–water partition coefficient (Wildman–Crippen LogP) is 2.87. The van der Waals surface area contributed by atoms with E-state index in [1.165, 1.54) is 24.8 Å². The first-order valence-electron chi connectivity index (χ1n) is 7.13. The summed E-state index contributed by atoms with van der Waals surface area (Å²) in [5, 5.41) is 3.54. The Bertz CT molecular complexity index is 407. The van der Waals surface area contributed by atoms with Crippen LogP contribution in [0.25, 0.3) is 0 Å². The van der Waals surface area contributed by atoms with Crippen molar-refractivity contribution in [2.24, 2.45) is 17.8 Å². The van der Waals surface area contributed by atoms with Crippen LogP contribution in [0, 0.1) is 17.8 Å². The Labute approximate surface area is 110 Å². The molecule has 2 heteroatoms. The van der Waals surface area contributed by atoms with Gasteiger partial charge in [-0.25, -0.2) is 0 Å². The minimum absolute atomic E-state index is 0.646. The summed E-state index contributed by atoms with van der Waals surface area (Å²) in [7, 11) is 3.85. The van der Waals surface area contributed by atoms with Crippen LogP contribution in [-0.4, -0.2) is 20.2 Å². The molecule has 2 aliphatic rings. The fourth-order valence-electron chi connectivity index (χ4n) is 3.96. The zero-order valence-corrected chi connectivity index (χ0v) is 11.4. The molecule has 0 heterocycles. The average molecular weight is 245 g/mol.